The number of nitrogens with one attached hydrogen (secondary N) is 1. The number of carbonyl (C=O) groups excluding carboxylic acids is 1. The van der Waals surface area contributed by atoms with Crippen LogP contribution in [0.1, 0.15) is 16.8 Å². The van der Waals surface area contributed by atoms with E-state index in [1.54, 1.807) is 23.8 Å². The minimum absolute atomic E-state index is 0.0602. The largest absolute Gasteiger partial charge is 0.471 e. The summed E-state index contributed by atoms with van der Waals surface area (Å²) in [5.41, 5.74) is 0.980. The van der Waals surface area contributed by atoms with Gasteiger partial charge in [-0.05, 0) is 18.2 Å². The van der Waals surface area contributed by atoms with Gasteiger partial charge in [-0.2, -0.15) is 0 Å². The minimum Gasteiger partial charge on any atom is -0.471 e. The van der Waals surface area contributed by atoms with Crippen molar-refractivity contribution in [2.24, 2.45) is 0 Å². The van der Waals surface area contributed by atoms with Crippen LogP contribution < -0.4 is 10.1 Å². The molecule has 134 valence electrons. The second-order valence-corrected chi connectivity index (χ2v) is 6.85. The van der Waals surface area contributed by atoms with Crippen LogP contribution in [0.5, 0.6) is 5.88 Å². The Bertz CT molecular complexity index is 907. The molecule has 4 rings (SSSR count). The summed E-state index contributed by atoms with van der Waals surface area (Å²) in [4.78, 5) is 20.9. The number of amides is 1. The molecule has 1 aliphatic heterocycles. The number of thiazole rings is 1. The highest BCUT2D eigenvalue weighted by molar-refractivity contribution is 7.14. The molecule has 1 N–H and O–H groups in total. The Kier molecular flexibility index (Phi) is 4.87. The summed E-state index contributed by atoms with van der Waals surface area (Å²) in [6, 6.07) is 5.11. The highest BCUT2D eigenvalue weighted by Crippen LogP contribution is 2.27. The van der Waals surface area contributed by atoms with Gasteiger partial charge in [-0.25, -0.2) is 9.97 Å². The number of hydrogen-bond donors (Lipinski definition) is 1. The Balaban J connectivity index is 1.43. The summed E-state index contributed by atoms with van der Waals surface area (Å²) in [6.07, 6.45) is 3.73. The lowest BCUT2D eigenvalue weighted by Crippen LogP contribution is -2.17. The van der Waals surface area contributed by atoms with Crippen LogP contribution in [0.15, 0.2) is 40.5 Å². The first-order chi connectivity index (χ1) is 12.7. The smallest absolute Gasteiger partial charge is 0.259 e. The molecule has 1 saturated heterocycles. The molecule has 3 aromatic rings. The molecule has 0 saturated carbocycles. The first-order valence-electron chi connectivity index (χ1n) is 7.90. The molecule has 0 spiro atoms. The molecule has 1 fully saturated rings. The molecular formula is C17H14ClN3O4S. The number of rotatable bonds is 5. The SMILES string of the molecule is O=C(Nc1nc(-c2ccco2)cs1)c1cnc(O[C@H]2CCOC2)c(Cl)c1. The molecule has 26 heavy (non-hydrogen) atoms. The van der Waals surface area contributed by atoms with Gasteiger partial charge in [0.2, 0.25) is 5.88 Å². The average molecular weight is 392 g/mol. The van der Waals surface area contributed by atoms with Gasteiger partial charge in [0.25, 0.3) is 5.91 Å². The summed E-state index contributed by atoms with van der Waals surface area (Å²) in [6.45, 7) is 1.18. The number of aromatic nitrogens is 2. The van der Waals surface area contributed by atoms with Gasteiger partial charge in [-0.1, -0.05) is 11.6 Å². The van der Waals surface area contributed by atoms with E-state index in [1.165, 1.54) is 23.6 Å². The van der Waals surface area contributed by atoms with Crippen molar-refractivity contribution in [1.29, 1.82) is 0 Å². The zero-order valence-corrected chi connectivity index (χ0v) is 15.0. The second-order valence-electron chi connectivity index (χ2n) is 5.58. The number of nitrogens with zero attached hydrogens (tertiary/aromatic N) is 2. The van der Waals surface area contributed by atoms with Crippen molar-refractivity contribution in [3.63, 3.8) is 0 Å². The fraction of sp³-hybridized carbons (Fsp3) is 0.235. The van der Waals surface area contributed by atoms with Crippen molar-refractivity contribution < 1.29 is 18.7 Å². The number of carbonyl (C=O) groups is 1. The van der Waals surface area contributed by atoms with Crippen LogP contribution in [0.4, 0.5) is 5.13 Å². The Morgan fingerprint density at radius 3 is 3.12 bits per heavy atom. The van der Waals surface area contributed by atoms with Crippen LogP contribution in [0.2, 0.25) is 5.02 Å². The summed E-state index contributed by atoms with van der Waals surface area (Å²) in [5, 5.41) is 5.27. The van der Waals surface area contributed by atoms with E-state index in [0.29, 0.717) is 41.2 Å². The predicted octanol–water partition coefficient (Wildman–Crippen LogP) is 3.87. The van der Waals surface area contributed by atoms with Crippen LogP contribution >= 0.6 is 22.9 Å². The molecule has 1 atom stereocenters. The van der Waals surface area contributed by atoms with Gasteiger partial charge in [0.05, 0.1) is 25.0 Å². The van der Waals surface area contributed by atoms with Crippen LogP contribution in [-0.4, -0.2) is 35.2 Å². The molecular weight excluding hydrogens is 378 g/mol. The van der Waals surface area contributed by atoms with Crippen molar-refractivity contribution >= 4 is 34.0 Å². The maximum atomic E-state index is 12.4. The summed E-state index contributed by atoms with van der Waals surface area (Å²) in [7, 11) is 0. The van der Waals surface area contributed by atoms with E-state index in [-0.39, 0.29) is 17.0 Å². The molecule has 4 heterocycles. The summed E-state index contributed by atoms with van der Waals surface area (Å²) >= 11 is 7.50. The number of halogens is 1. The number of pyridine rings is 1. The monoisotopic (exact) mass is 391 g/mol. The molecule has 9 heteroatoms. The molecule has 3 aromatic heterocycles. The van der Waals surface area contributed by atoms with Crippen molar-refractivity contribution in [3.8, 4) is 17.3 Å². The maximum Gasteiger partial charge on any atom is 0.259 e. The number of anilines is 1. The van der Waals surface area contributed by atoms with E-state index in [1.807, 2.05) is 0 Å². The molecule has 0 radical (unpaired) electrons. The molecule has 0 unspecified atom stereocenters. The summed E-state index contributed by atoms with van der Waals surface area (Å²) < 4.78 is 16.2. The fourth-order valence-corrected chi connectivity index (χ4v) is 3.34. The summed E-state index contributed by atoms with van der Waals surface area (Å²) in [5.74, 6) is 0.590. The third kappa shape index (κ3) is 3.72. The van der Waals surface area contributed by atoms with Gasteiger partial charge >= 0.3 is 0 Å². The topological polar surface area (TPSA) is 86.5 Å². The first-order valence-corrected chi connectivity index (χ1v) is 9.15. The molecule has 7 nitrogen and oxygen atoms in total. The molecule has 0 bridgehead atoms. The first kappa shape index (κ1) is 17.0. The third-order valence-corrected chi connectivity index (χ3v) is 4.76. The highest BCUT2D eigenvalue weighted by Gasteiger charge is 2.20. The fourth-order valence-electron chi connectivity index (χ4n) is 2.44. The van der Waals surface area contributed by atoms with Gasteiger partial charge in [-0.15, -0.1) is 11.3 Å². The molecule has 0 aromatic carbocycles. The maximum absolute atomic E-state index is 12.4. The van der Waals surface area contributed by atoms with Crippen molar-refractivity contribution in [2.45, 2.75) is 12.5 Å². The number of ether oxygens (including phenoxy) is 2. The van der Waals surface area contributed by atoms with Gasteiger partial charge in [-0.3, -0.25) is 10.1 Å². The van der Waals surface area contributed by atoms with Gasteiger partial charge in [0, 0.05) is 18.0 Å². The van der Waals surface area contributed by atoms with Gasteiger partial charge in [0.1, 0.15) is 16.8 Å². The van der Waals surface area contributed by atoms with Gasteiger partial charge < -0.3 is 13.9 Å². The van der Waals surface area contributed by atoms with Crippen molar-refractivity contribution in [2.75, 3.05) is 18.5 Å². The normalized spacial score (nSPS) is 16.6. The average Bonchev–Trinajstić information content (AvgIpc) is 3.38. The van der Waals surface area contributed by atoms with Crippen LogP contribution in [-0.2, 0) is 4.74 Å². The molecule has 0 aliphatic carbocycles. The van der Waals surface area contributed by atoms with Crippen molar-refractivity contribution in [1.82, 2.24) is 9.97 Å². The standard InChI is InChI=1S/C17H14ClN3O4S/c18-12-6-10(7-19-16(12)25-11-3-5-23-8-11)15(22)21-17-20-13(9-26-17)14-2-1-4-24-14/h1-2,4,6-7,9,11H,3,5,8H2,(H,20,21,22)/t11-/m0/s1. The minimum atomic E-state index is -0.351. The third-order valence-electron chi connectivity index (χ3n) is 3.73. The Labute approximate surface area is 157 Å². The quantitative estimate of drug-likeness (QED) is 0.710. The predicted molar refractivity (Wildman–Crippen MR) is 96.9 cm³/mol. The van der Waals surface area contributed by atoms with E-state index in [4.69, 9.17) is 25.5 Å². The van der Waals surface area contributed by atoms with E-state index in [2.05, 4.69) is 15.3 Å². The van der Waals surface area contributed by atoms with E-state index in [9.17, 15) is 4.79 Å². The zero-order valence-electron chi connectivity index (χ0n) is 13.5. The number of hydrogen-bond acceptors (Lipinski definition) is 7. The highest BCUT2D eigenvalue weighted by atomic mass is 35.5. The lowest BCUT2D eigenvalue weighted by Gasteiger charge is -2.12. The van der Waals surface area contributed by atoms with Gasteiger partial charge in [0.15, 0.2) is 10.9 Å². The van der Waals surface area contributed by atoms with E-state index >= 15 is 0 Å². The van der Waals surface area contributed by atoms with E-state index in [0.717, 1.165) is 6.42 Å². The second kappa shape index (κ2) is 7.45. The lowest BCUT2D eigenvalue weighted by molar-refractivity contribution is 0.102. The zero-order chi connectivity index (χ0) is 17.9. The van der Waals surface area contributed by atoms with E-state index < -0.39 is 0 Å². The number of furan rings is 1. The molecule has 1 amide bonds. The van der Waals surface area contributed by atoms with Crippen LogP contribution in [0.3, 0.4) is 0 Å². The van der Waals surface area contributed by atoms with Crippen LogP contribution in [0.25, 0.3) is 11.5 Å². The molecule has 1 aliphatic rings. The van der Waals surface area contributed by atoms with Crippen LogP contribution in [0, 0.1) is 0 Å². The Morgan fingerprint density at radius 1 is 1.46 bits per heavy atom. The Morgan fingerprint density at radius 2 is 2.38 bits per heavy atom. The lowest BCUT2D eigenvalue weighted by atomic mass is 10.2. The Hall–Kier alpha value is -2.42. The van der Waals surface area contributed by atoms with Crippen molar-refractivity contribution in [3.05, 3.63) is 46.6 Å².